The summed E-state index contributed by atoms with van der Waals surface area (Å²) < 4.78 is 8.91. The Balaban J connectivity index is 1.73. The number of benzene rings is 2. The SMILES string of the molecule is O=C(O)C1(CC2CCCCO2)Cn2c(nc3ccccc32)-c2ccc(Br)cc21. The van der Waals surface area contributed by atoms with Crippen molar-refractivity contribution < 1.29 is 14.6 Å². The number of ether oxygens (including phenoxy) is 1. The maximum atomic E-state index is 12.8. The monoisotopic (exact) mass is 440 g/mol. The lowest BCUT2D eigenvalue weighted by Crippen LogP contribution is -2.46. The first-order valence-corrected chi connectivity index (χ1v) is 10.5. The molecule has 0 radical (unpaired) electrons. The van der Waals surface area contributed by atoms with Crippen molar-refractivity contribution >= 4 is 32.9 Å². The van der Waals surface area contributed by atoms with Crippen LogP contribution < -0.4 is 0 Å². The van der Waals surface area contributed by atoms with Crippen molar-refractivity contribution in [1.29, 1.82) is 0 Å². The molecule has 0 spiro atoms. The summed E-state index contributed by atoms with van der Waals surface area (Å²) in [5.74, 6) is 0.0367. The van der Waals surface area contributed by atoms with Crippen LogP contribution in [0.2, 0.25) is 0 Å². The van der Waals surface area contributed by atoms with E-state index in [1.807, 2.05) is 42.5 Å². The van der Waals surface area contributed by atoms with Crippen LogP contribution in [-0.2, 0) is 21.5 Å². The molecular formula is C22H21BrN2O3. The fourth-order valence-corrected chi connectivity index (χ4v) is 5.07. The third-order valence-corrected chi connectivity index (χ3v) is 6.57. The van der Waals surface area contributed by atoms with Gasteiger partial charge in [0.15, 0.2) is 0 Å². The van der Waals surface area contributed by atoms with Gasteiger partial charge in [-0.1, -0.05) is 28.1 Å². The average molecular weight is 441 g/mol. The number of hydrogen-bond acceptors (Lipinski definition) is 3. The number of hydrogen-bond donors (Lipinski definition) is 1. The van der Waals surface area contributed by atoms with Crippen LogP contribution in [0.1, 0.15) is 31.2 Å². The molecule has 2 atom stereocenters. The highest BCUT2D eigenvalue weighted by Gasteiger charge is 2.48. The summed E-state index contributed by atoms with van der Waals surface area (Å²) in [5.41, 5.74) is 2.54. The van der Waals surface area contributed by atoms with E-state index in [0.29, 0.717) is 19.6 Å². The zero-order chi connectivity index (χ0) is 19.3. The molecule has 0 bridgehead atoms. The summed E-state index contributed by atoms with van der Waals surface area (Å²) in [6.45, 7) is 1.08. The van der Waals surface area contributed by atoms with Gasteiger partial charge in [0.1, 0.15) is 11.2 Å². The number of carboxylic acids is 1. The number of halogens is 1. The first kappa shape index (κ1) is 17.9. The molecule has 1 aromatic heterocycles. The zero-order valence-corrected chi connectivity index (χ0v) is 17.0. The van der Waals surface area contributed by atoms with Gasteiger partial charge in [-0.05, 0) is 61.6 Å². The van der Waals surface area contributed by atoms with Crippen LogP contribution in [-0.4, -0.2) is 33.3 Å². The second-order valence-corrected chi connectivity index (χ2v) is 8.70. The molecule has 28 heavy (non-hydrogen) atoms. The maximum absolute atomic E-state index is 12.8. The second kappa shape index (κ2) is 6.71. The van der Waals surface area contributed by atoms with E-state index in [-0.39, 0.29) is 6.10 Å². The number of aromatic nitrogens is 2. The molecule has 2 unspecified atom stereocenters. The Hall–Kier alpha value is -2.18. The number of aliphatic carboxylic acids is 1. The van der Waals surface area contributed by atoms with E-state index in [2.05, 4.69) is 20.5 Å². The van der Waals surface area contributed by atoms with Crippen molar-refractivity contribution in [1.82, 2.24) is 9.55 Å². The predicted octanol–water partition coefficient (Wildman–Crippen LogP) is 4.76. The third-order valence-electron chi connectivity index (χ3n) is 6.08. The molecular weight excluding hydrogens is 420 g/mol. The van der Waals surface area contributed by atoms with Gasteiger partial charge in [0.05, 0.1) is 17.1 Å². The van der Waals surface area contributed by atoms with Crippen molar-refractivity contribution in [3.8, 4) is 11.4 Å². The quantitative estimate of drug-likeness (QED) is 0.637. The van der Waals surface area contributed by atoms with Crippen LogP contribution in [0.5, 0.6) is 0 Å². The van der Waals surface area contributed by atoms with Gasteiger partial charge in [0, 0.05) is 23.2 Å². The standard InChI is InChI=1S/C22H21BrN2O3/c23-14-8-9-16-17(11-14)22(21(26)27,12-15-5-3-4-10-28-15)13-25-19-7-2-1-6-18(19)24-20(16)25/h1-2,6-9,11,15H,3-5,10,12-13H2,(H,26,27). The first-order chi connectivity index (χ1) is 13.6. The van der Waals surface area contributed by atoms with Gasteiger partial charge in [0.25, 0.3) is 0 Å². The van der Waals surface area contributed by atoms with Gasteiger partial charge in [-0.25, -0.2) is 4.98 Å². The molecule has 1 fully saturated rings. The number of para-hydroxylation sites is 2. The number of rotatable bonds is 3. The minimum Gasteiger partial charge on any atom is -0.481 e. The highest BCUT2D eigenvalue weighted by molar-refractivity contribution is 9.10. The summed E-state index contributed by atoms with van der Waals surface area (Å²) in [5, 5.41) is 10.5. The van der Waals surface area contributed by atoms with Crippen molar-refractivity contribution in [2.75, 3.05) is 6.61 Å². The number of carbonyl (C=O) groups is 1. The average Bonchev–Trinajstić information content (AvgIpc) is 3.07. The molecule has 2 aliphatic heterocycles. The van der Waals surface area contributed by atoms with Gasteiger partial charge in [-0.2, -0.15) is 0 Å². The Bertz CT molecular complexity index is 1070. The van der Waals surface area contributed by atoms with E-state index in [9.17, 15) is 9.90 Å². The minimum absolute atomic E-state index is 0.0342. The molecule has 1 N–H and O–H groups in total. The van der Waals surface area contributed by atoms with E-state index < -0.39 is 11.4 Å². The summed E-state index contributed by atoms with van der Waals surface area (Å²) in [4.78, 5) is 17.6. The third kappa shape index (κ3) is 2.70. The van der Waals surface area contributed by atoms with E-state index in [0.717, 1.165) is 51.7 Å². The Labute approximate surface area is 171 Å². The minimum atomic E-state index is -1.04. The number of nitrogens with zero attached hydrogens (tertiary/aromatic N) is 2. The molecule has 0 aliphatic carbocycles. The second-order valence-electron chi connectivity index (χ2n) is 7.78. The Morgan fingerprint density at radius 2 is 2.14 bits per heavy atom. The van der Waals surface area contributed by atoms with Crippen molar-refractivity contribution in [2.45, 2.75) is 43.7 Å². The van der Waals surface area contributed by atoms with E-state index in [1.165, 1.54) is 0 Å². The molecule has 1 saturated heterocycles. The fourth-order valence-electron chi connectivity index (χ4n) is 4.71. The van der Waals surface area contributed by atoms with E-state index in [1.54, 1.807) is 0 Å². The molecule has 2 aromatic carbocycles. The van der Waals surface area contributed by atoms with Gasteiger partial charge in [-0.15, -0.1) is 0 Å². The summed E-state index contributed by atoms with van der Waals surface area (Å²) in [6.07, 6.45) is 3.49. The first-order valence-electron chi connectivity index (χ1n) is 9.69. The van der Waals surface area contributed by atoms with Crippen molar-refractivity contribution in [2.24, 2.45) is 0 Å². The van der Waals surface area contributed by atoms with Gasteiger partial charge < -0.3 is 14.4 Å². The van der Waals surface area contributed by atoms with Crippen LogP contribution in [0.4, 0.5) is 0 Å². The molecule has 3 heterocycles. The van der Waals surface area contributed by atoms with Crippen molar-refractivity contribution in [3.05, 3.63) is 52.5 Å². The van der Waals surface area contributed by atoms with Gasteiger partial charge in [0.2, 0.25) is 0 Å². The molecule has 0 saturated carbocycles. The Morgan fingerprint density at radius 3 is 2.93 bits per heavy atom. The van der Waals surface area contributed by atoms with Gasteiger partial charge >= 0.3 is 5.97 Å². The molecule has 5 nitrogen and oxygen atoms in total. The normalized spacial score (nSPS) is 24.0. The van der Waals surface area contributed by atoms with Crippen LogP contribution in [0, 0.1) is 0 Å². The lowest BCUT2D eigenvalue weighted by molar-refractivity contribution is -0.147. The predicted molar refractivity (Wildman–Crippen MR) is 110 cm³/mol. The molecule has 144 valence electrons. The molecule has 6 heteroatoms. The zero-order valence-electron chi connectivity index (χ0n) is 15.4. The largest absolute Gasteiger partial charge is 0.481 e. The van der Waals surface area contributed by atoms with E-state index in [4.69, 9.17) is 9.72 Å². The van der Waals surface area contributed by atoms with Crippen LogP contribution in [0.15, 0.2) is 46.9 Å². The lowest BCUT2D eigenvalue weighted by Gasteiger charge is -2.39. The Morgan fingerprint density at radius 1 is 1.29 bits per heavy atom. The molecule has 3 aromatic rings. The smallest absolute Gasteiger partial charge is 0.316 e. The molecule has 0 amide bonds. The van der Waals surface area contributed by atoms with Crippen LogP contribution >= 0.6 is 15.9 Å². The molecule has 2 aliphatic rings. The molecule has 5 rings (SSSR count). The van der Waals surface area contributed by atoms with Crippen LogP contribution in [0.25, 0.3) is 22.4 Å². The van der Waals surface area contributed by atoms with E-state index >= 15 is 0 Å². The van der Waals surface area contributed by atoms with Crippen LogP contribution in [0.3, 0.4) is 0 Å². The summed E-state index contributed by atoms with van der Waals surface area (Å²) in [6, 6.07) is 13.8. The van der Waals surface area contributed by atoms with Crippen molar-refractivity contribution in [3.63, 3.8) is 0 Å². The fraction of sp³-hybridized carbons (Fsp3) is 0.364. The topological polar surface area (TPSA) is 64.3 Å². The Kier molecular flexibility index (Phi) is 4.29. The maximum Gasteiger partial charge on any atom is 0.316 e. The summed E-state index contributed by atoms with van der Waals surface area (Å²) in [7, 11) is 0. The highest BCUT2D eigenvalue weighted by atomic mass is 79.9. The van der Waals surface area contributed by atoms with Gasteiger partial charge in [-0.3, -0.25) is 4.79 Å². The number of imidazole rings is 1. The lowest BCUT2D eigenvalue weighted by atomic mass is 9.71. The number of carboxylic acid groups (broad SMARTS) is 1. The highest BCUT2D eigenvalue weighted by Crippen LogP contribution is 2.46. The summed E-state index contributed by atoms with van der Waals surface area (Å²) >= 11 is 3.54. The number of fused-ring (bicyclic) bond motifs is 5.